The summed E-state index contributed by atoms with van der Waals surface area (Å²) in [6.45, 7) is 9.75. The van der Waals surface area contributed by atoms with E-state index in [1.54, 1.807) is 30.3 Å². The van der Waals surface area contributed by atoms with Gasteiger partial charge in [-0.3, -0.25) is 9.59 Å². The number of halogens is 2. The van der Waals surface area contributed by atoms with Crippen LogP contribution in [0, 0.1) is 6.92 Å². The highest BCUT2D eigenvalue weighted by atomic mass is 35.5. The lowest BCUT2D eigenvalue weighted by Gasteiger charge is -2.44. The standard InChI is InChI=1S/C33H34ClFN8O3S/c1-5-28(44)41-11-12-43(20(3)16-41)31-25(42-17-22(35)18-42)13-21(14-36-31)24-9-10-26(46-4)30(38-24)40-33-37-15-27(47-33)32(45)39-29-19(2)7-6-8-23(29)34/h5-10,13-15,20,22H,1,11-12,16-18H2,2-4H3,(H,39,45)(H,37,38,40)/t20-/m0/s1. The Morgan fingerprint density at radius 2 is 1.96 bits per heavy atom. The molecule has 6 rings (SSSR count). The number of piperazine rings is 1. The fourth-order valence-corrected chi connectivity index (χ4v) is 6.61. The molecule has 1 aromatic carbocycles. The molecule has 0 radical (unpaired) electrons. The number of para-hydroxylation sites is 1. The van der Waals surface area contributed by atoms with Gasteiger partial charge in [0.1, 0.15) is 11.0 Å². The second kappa shape index (κ2) is 13.5. The Hall–Kier alpha value is -4.75. The number of pyridine rings is 2. The zero-order valence-corrected chi connectivity index (χ0v) is 27.7. The smallest absolute Gasteiger partial charge is 0.267 e. The summed E-state index contributed by atoms with van der Waals surface area (Å²) >= 11 is 7.45. The molecular weight excluding hydrogens is 643 g/mol. The molecule has 1 atom stereocenters. The lowest BCUT2D eigenvalue weighted by molar-refractivity contribution is -0.126. The fourth-order valence-electron chi connectivity index (χ4n) is 5.63. The largest absolute Gasteiger partial charge is 0.493 e. The molecule has 0 spiro atoms. The molecule has 0 aliphatic carbocycles. The van der Waals surface area contributed by atoms with E-state index >= 15 is 0 Å². The fraction of sp³-hybridized carbons (Fsp3) is 0.303. The van der Waals surface area contributed by atoms with E-state index in [1.165, 1.54) is 12.3 Å². The Labute approximate surface area is 281 Å². The first-order valence-corrected chi connectivity index (χ1v) is 16.3. The van der Waals surface area contributed by atoms with Crippen molar-refractivity contribution in [3.63, 3.8) is 0 Å². The van der Waals surface area contributed by atoms with Gasteiger partial charge >= 0.3 is 0 Å². The zero-order valence-electron chi connectivity index (χ0n) is 26.2. The third kappa shape index (κ3) is 6.72. The summed E-state index contributed by atoms with van der Waals surface area (Å²) in [7, 11) is 1.55. The molecule has 11 nitrogen and oxygen atoms in total. The van der Waals surface area contributed by atoms with Gasteiger partial charge in [0.15, 0.2) is 22.5 Å². The van der Waals surface area contributed by atoms with Crippen LogP contribution in [0.2, 0.25) is 5.02 Å². The third-order valence-corrected chi connectivity index (χ3v) is 9.43. The number of nitrogens with zero attached hydrogens (tertiary/aromatic N) is 6. The Morgan fingerprint density at radius 3 is 2.66 bits per heavy atom. The highest BCUT2D eigenvalue weighted by Crippen LogP contribution is 2.38. The summed E-state index contributed by atoms with van der Waals surface area (Å²) in [6, 6.07) is 11.0. The number of aromatic nitrogens is 3. The van der Waals surface area contributed by atoms with Gasteiger partial charge in [0.2, 0.25) is 5.91 Å². The second-order valence-corrected chi connectivity index (χ2v) is 12.8. The molecule has 47 heavy (non-hydrogen) atoms. The SMILES string of the molecule is C=CC(=O)N1CCN(c2ncc(-c3ccc(OC)c(Nc4ncc(C(=O)Nc5c(C)cccc5Cl)s4)n3)cc2N2CC(F)C2)[C@@H](C)C1. The first-order chi connectivity index (χ1) is 22.6. The van der Waals surface area contributed by atoms with Crippen molar-refractivity contribution in [2.45, 2.75) is 26.1 Å². The number of hydrogen-bond donors (Lipinski definition) is 2. The molecule has 0 saturated carbocycles. The number of carbonyl (C=O) groups is 2. The number of hydrogen-bond acceptors (Lipinski definition) is 10. The number of methoxy groups -OCH3 is 1. The number of anilines is 5. The average Bonchev–Trinajstić information content (AvgIpc) is 3.53. The van der Waals surface area contributed by atoms with Gasteiger partial charge in [0.05, 0.1) is 48.5 Å². The molecule has 2 fully saturated rings. The average molecular weight is 677 g/mol. The molecule has 2 amide bonds. The van der Waals surface area contributed by atoms with Gasteiger partial charge in [-0.15, -0.1) is 0 Å². The predicted octanol–water partition coefficient (Wildman–Crippen LogP) is 5.95. The number of amides is 2. The number of ether oxygens (including phenoxy) is 1. The Morgan fingerprint density at radius 1 is 1.15 bits per heavy atom. The highest BCUT2D eigenvalue weighted by Gasteiger charge is 2.33. The number of rotatable bonds is 9. The van der Waals surface area contributed by atoms with Gasteiger partial charge in [-0.2, -0.15) is 0 Å². The van der Waals surface area contributed by atoms with Crippen molar-refractivity contribution in [1.82, 2.24) is 19.9 Å². The van der Waals surface area contributed by atoms with Crippen LogP contribution >= 0.6 is 22.9 Å². The van der Waals surface area contributed by atoms with Gasteiger partial charge in [-0.1, -0.05) is 41.6 Å². The van der Waals surface area contributed by atoms with Crippen molar-refractivity contribution in [2.24, 2.45) is 0 Å². The maximum absolute atomic E-state index is 14.0. The van der Waals surface area contributed by atoms with Gasteiger partial charge in [-0.25, -0.2) is 19.3 Å². The summed E-state index contributed by atoms with van der Waals surface area (Å²) < 4.78 is 19.6. The lowest BCUT2D eigenvalue weighted by atomic mass is 10.1. The minimum absolute atomic E-state index is 0.00101. The van der Waals surface area contributed by atoms with E-state index in [9.17, 15) is 14.0 Å². The molecule has 2 saturated heterocycles. The minimum Gasteiger partial charge on any atom is -0.493 e. The molecule has 4 aromatic rings. The van der Waals surface area contributed by atoms with Crippen LogP contribution in [0.1, 0.15) is 22.2 Å². The number of thiazole rings is 1. The molecule has 3 aromatic heterocycles. The second-order valence-electron chi connectivity index (χ2n) is 11.4. The maximum Gasteiger partial charge on any atom is 0.267 e. The van der Waals surface area contributed by atoms with Crippen molar-refractivity contribution in [3.05, 3.63) is 76.9 Å². The van der Waals surface area contributed by atoms with Crippen molar-refractivity contribution < 1.29 is 18.7 Å². The van der Waals surface area contributed by atoms with E-state index in [0.29, 0.717) is 57.6 Å². The van der Waals surface area contributed by atoms with Gasteiger partial charge in [0, 0.05) is 37.4 Å². The molecule has 5 heterocycles. The van der Waals surface area contributed by atoms with Crippen LogP contribution in [-0.4, -0.2) is 83.7 Å². The van der Waals surface area contributed by atoms with Gasteiger partial charge < -0.3 is 30.1 Å². The number of alkyl halides is 1. The van der Waals surface area contributed by atoms with Crippen LogP contribution in [0.25, 0.3) is 11.3 Å². The molecule has 14 heteroatoms. The Bertz CT molecular complexity index is 1810. The molecule has 2 aliphatic rings. The van der Waals surface area contributed by atoms with Crippen LogP contribution in [0.15, 0.2) is 61.4 Å². The number of carbonyl (C=O) groups excluding carboxylic acids is 2. The van der Waals surface area contributed by atoms with Gasteiger partial charge in [-0.05, 0) is 49.8 Å². The topological polar surface area (TPSA) is 116 Å². The summed E-state index contributed by atoms with van der Waals surface area (Å²) in [6.07, 6.45) is 3.67. The molecule has 0 bridgehead atoms. The van der Waals surface area contributed by atoms with Crippen molar-refractivity contribution >= 4 is 62.9 Å². The summed E-state index contributed by atoms with van der Waals surface area (Å²) in [5.74, 6) is 1.20. The summed E-state index contributed by atoms with van der Waals surface area (Å²) in [5.41, 5.74) is 3.56. The Balaban J connectivity index is 1.25. The first-order valence-electron chi connectivity index (χ1n) is 15.1. The summed E-state index contributed by atoms with van der Waals surface area (Å²) in [4.78, 5) is 45.5. The maximum atomic E-state index is 14.0. The molecule has 0 unspecified atom stereocenters. The van der Waals surface area contributed by atoms with E-state index < -0.39 is 6.17 Å². The quantitative estimate of drug-likeness (QED) is 0.208. The highest BCUT2D eigenvalue weighted by molar-refractivity contribution is 7.17. The van der Waals surface area contributed by atoms with Crippen molar-refractivity contribution in [2.75, 3.05) is 60.3 Å². The van der Waals surface area contributed by atoms with Crippen molar-refractivity contribution in [1.29, 1.82) is 0 Å². The third-order valence-electron chi connectivity index (χ3n) is 8.20. The van der Waals surface area contributed by atoms with E-state index in [-0.39, 0.29) is 30.9 Å². The van der Waals surface area contributed by atoms with E-state index in [1.807, 2.05) is 43.0 Å². The first kappa shape index (κ1) is 32.2. The monoisotopic (exact) mass is 676 g/mol. The number of aryl methyl sites for hydroxylation is 1. The van der Waals surface area contributed by atoms with Crippen LogP contribution < -0.4 is 25.2 Å². The number of nitrogens with one attached hydrogen (secondary N) is 2. The number of benzene rings is 1. The van der Waals surface area contributed by atoms with Gasteiger partial charge in [0.25, 0.3) is 5.91 Å². The van der Waals surface area contributed by atoms with E-state index in [0.717, 1.165) is 34.0 Å². The zero-order chi connectivity index (χ0) is 33.2. The summed E-state index contributed by atoms with van der Waals surface area (Å²) in [5, 5.41) is 6.95. The van der Waals surface area contributed by atoms with Crippen LogP contribution in [0.3, 0.4) is 0 Å². The van der Waals surface area contributed by atoms with Crippen LogP contribution in [-0.2, 0) is 4.79 Å². The minimum atomic E-state index is -0.903. The Kier molecular flexibility index (Phi) is 9.28. The normalized spacial score (nSPS) is 16.4. The molecular formula is C33H34ClFN8O3S. The lowest BCUT2D eigenvalue weighted by Crippen LogP contribution is -2.55. The van der Waals surface area contributed by atoms with Crippen molar-refractivity contribution in [3.8, 4) is 17.0 Å². The van der Waals surface area contributed by atoms with E-state index in [2.05, 4.69) is 27.1 Å². The van der Waals surface area contributed by atoms with Crippen LogP contribution in [0.5, 0.6) is 5.75 Å². The molecule has 244 valence electrons. The van der Waals surface area contributed by atoms with E-state index in [4.69, 9.17) is 26.3 Å². The molecule has 2 aliphatic heterocycles. The predicted molar refractivity (Wildman–Crippen MR) is 184 cm³/mol. The molecule has 2 N–H and O–H groups in total. The van der Waals surface area contributed by atoms with Crippen LogP contribution in [0.4, 0.5) is 32.5 Å².